The lowest BCUT2D eigenvalue weighted by atomic mass is 9.96. The first kappa shape index (κ1) is 14.8. The van der Waals surface area contributed by atoms with Gasteiger partial charge in [0, 0.05) is 25.1 Å². The molecular weight excluding hydrogens is 282 g/mol. The van der Waals surface area contributed by atoms with E-state index in [1.807, 2.05) is 6.07 Å². The summed E-state index contributed by atoms with van der Waals surface area (Å²) < 4.78 is 5.34. The number of rotatable bonds is 3. The quantitative estimate of drug-likeness (QED) is 0.805. The van der Waals surface area contributed by atoms with Crippen LogP contribution in [0.4, 0.5) is 5.69 Å². The second-order valence-electron chi connectivity index (χ2n) is 5.81. The molecule has 1 heterocycles. The van der Waals surface area contributed by atoms with Crippen LogP contribution in [0.2, 0.25) is 0 Å². The number of anilines is 1. The van der Waals surface area contributed by atoms with Crippen LogP contribution in [0, 0.1) is 0 Å². The van der Waals surface area contributed by atoms with E-state index < -0.39 is 12.1 Å². The maximum absolute atomic E-state index is 12.2. The highest BCUT2D eigenvalue weighted by Crippen LogP contribution is 2.24. The molecule has 2 aliphatic rings. The molecule has 1 aliphatic heterocycles. The van der Waals surface area contributed by atoms with Gasteiger partial charge in [0.05, 0.1) is 5.56 Å². The van der Waals surface area contributed by atoms with Crippen molar-refractivity contribution in [3.05, 3.63) is 29.8 Å². The zero-order valence-corrected chi connectivity index (χ0v) is 12.4. The predicted molar refractivity (Wildman–Crippen MR) is 80.7 cm³/mol. The Kier molecular flexibility index (Phi) is 4.22. The molecule has 0 aromatic heterocycles. The van der Waals surface area contributed by atoms with Crippen molar-refractivity contribution in [3.63, 3.8) is 0 Å². The van der Waals surface area contributed by atoms with Gasteiger partial charge in [0.1, 0.15) is 0 Å². The predicted octanol–water partition coefficient (Wildman–Crippen LogP) is 2.48. The van der Waals surface area contributed by atoms with Crippen molar-refractivity contribution in [2.24, 2.45) is 0 Å². The van der Waals surface area contributed by atoms with Crippen LogP contribution in [0.15, 0.2) is 24.3 Å². The fourth-order valence-electron chi connectivity index (χ4n) is 2.99. The van der Waals surface area contributed by atoms with E-state index in [0.29, 0.717) is 37.1 Å². The van der Waals surface area contributed by atoms with Crippen LogP contribution in [0.5, 0.6) is 0 Å². The first-order valence-electron chi connectivity index (χ1n) is 7.79. The Bertz CT molecular complexity index is 610. The maximum Gasteiger partial charge on any atom is 0.338 e. The topological polar surface area (TPSA) is 63.7 Å². The third-order valence-electron chi connectivity index (χ3n) is 4.21. The lowest BCUT2D eigenvalue weighted by Gasteiger charge is -2.21. The Morgan fingerprint density at radius 3 is 2.73 bits per heavy atom. The van der Waals surface area contributed by atoms with E-state index in [0.717, 1.165) is 19.3 Å². The molecule has 0 bridgehead atoms. The summed E-state index contributed by atoms with van der Waals surface area (Å²) in [6, 6.07) is 6.87. The number of carbonyl (C=O) groups excluding carboxylic acids is 3. The van der Waals surface area contributed by atoms with Gasteiger partial charge in [-0.25, -0.2) is 4.79 Å². The van der Waals surface area contributed by atoms with Crippen LogP contribution in [0.3, 0.4) is 0 Å². The Hall–Kier alpha value is -2.17. The summed E-state index contributed by atoms with van der Waals surface area (Å²) in [5, 5.41) is 0. The molecule has 5 heteroatoms. The van der Waals surface area contributed by atoms with Gasteiger partial charge in [-0.3, -0.25) is 9.59 Å². The van der Waals surface area contributed by atoms with Crippen molar-refractivity contribution in [1.82, 2.24) is 0 Å². The normalized spacial score (nSPS) is 22.0. The fraction of sp³-hybridized carbons (Fsp3) is 0.471. The summed E-state index contributed by atoms with van der Waals surface area (Å²) in [5.74, 6) is -0.410. The Morgan fingerprint density at radius 1 is 1.14 bits per heavy atom. The summed E-state index contributed by atoms with van der Waals surface area (Å²) in [6.45, 7) is 0.679. The number of amides is 1. The highest BCUT2D eigenvalue weighted by molar-refractivity contribution is 5.98. The zero-order chi connectivity index (χ0) is 15.5. The van der Waals surface area contributed by atoms with Crippen molar-refractivity contribution >= 4 is 23.3 Å². The van der Waals surface area contributed by atoms with Crippen molar-refractivity contribution in [1.29, 1.82) is 0 Å². The molecule has 1 amide bonds. The van der Waals surface area contributed by atoms with E-state index >= 15 is 0 Å². The van der Waals surface area contributed by atoms with Gasteiger partial charge in [-0.1, -0.05) is 6.07 Å². The van der Waals surface area contributed by atoms with E-state index in [2.05, 4.69) is 0 Å². The van der Waals surface area contributed by atoms with Gasteiger partial charge >= 0.3 is 5.97 Å². The highest BCUT2D eigenvalue weighted by Gasteiger charge is 2.27. The van der Waals surface area contributed by atoms with Crippen molar-refractivity contribution in [3.8, 4) is 0 Å². The molecule has 22 heavy (non-hydrogen) atoms. The lowest BCUT2D eigenvalue weighted by Crippen LogP contribution is -2.30. The second kappa shape index (κ2) is 6.30. The third kappa shape index (κ3) is 3.03. The van der Waals surface area contributed by atoms with Gasteiger partial charge in [0.15, 0.2) is 11.9 Å². The minimum atomic E-state index is -0.613. The first-order chi connectivity index (χ1) is 10.6. The summed E-state index contributed by atoms with van der Waals surface area (Å²) >= 11 is 0. The van der Waals surface area contributed by atoms with Gasteiger partial charge in [-0.2, -0.15) is 0 Å². The van der Waals surface area contributed by atoms with Crippen LogP contribution in [-0.4, -0.2) is 30.3 Å². The molecule has 2 fully saturated rings. The van der Waals surface area contributed by atoms with E-state index in [1.165, 1.54) is 0 Å². The van der Waals surface area contributed by atoms with Crippen LogP contribution in [0.25, 0.3) is 0 Å². The first-order valence-corrected chi connectivity index (χ1v) is 7.79. The van der Waals surface area contributed by atoms with Crippen LogP contribution >= 0.6 is 0 Å². The van der Waals surface area contributed by atoms with E-state index in [-0.39, 0.29) is 11.7 Å². The SMILES string of the molecule is O=C(O[C@H]1CCCCC1=O)c1cccc(N2CCCC2=O)c1. The molecule has 1 atom stereocenters. The van der Waals surface area contributed by atoms with Gasteiger partial charge in [0.25, 0.3) is 0 Å². The molecule has 0 N–H and O–H groups in total. The molecule has 0 radical (unpaired) electrons. The standard InChI is InChI=1S/C17H19NO4/c19-14-7-1-2-8-15(14)22-17(21)12-5-3-6-13(11-12)18-10-4-9-16(18)20/h3,5-6,11,15H,1-2,4,7-10H2/t15-/m0/s1. The summed E-state index contributed by atoms with van der Waals surface area (Å²) in [7, 11) is 0. The van der Waals surface area contributed by atoms with E-state index in [1.54, 1.807) is 23.1 Å². The van der Waals surface area contributed by atoms with Gasteiger partial charge < -0.3 is 9.64 Å². The average Bonchev–Trinajstić information content (AvgIpc) is 2.96. The molecule has 3 rings (SSSR count). The Labute approximate surface area is 129 Å². The van der Waals surface area contributed by atoms with Crippen molar-refractivity contribution in [2.75, 3.05) is 11.4 Å². The molecule has 0 unspecified atom stereocenters. The molecule has 1 aromatic rings. The largest absolute Gasteiger partial charge is 0.451 e. The average molecular weight is 301 g/mol. The maximum atomic E-state index is 12.2. The summed E-state index contributed by atoms with van der Waals surface area (Å²) in [4.78, 5) is 37.4. The molecular formula is C17H19NO4. The number of hydrogen-bond acceptors (Lipinski definition) is 4. The molecule has 1 aliphatic carbocycles. The summed E-state index contributed by atoms with van der Waals surface area (Å²) in [6.07, 6.45) is 3.65. The van der Waals surface area contributed by atoms with Gasteiger partial charge in [-0.15, -0.1) is 0 Å². The second-order valence-corrected chi connectivity index (χ2v) is 5.81. The number of Topliss-reactive ketones (excluding diaryl/α,β-unsaturated/α-hetero) is 1. The molecule has 1 saturated heterocycles. The number of hydrogen-bond donors (Lipinski definition) is 0. The summed E-state index contributed by atoms with van der Waals surface area (Å²) in [5.41, 5.74) is 1.10. The molecule has 1 saturated carbocycles. The number of ether oxygens (including phenoxy) is 1. The third-order valence-corrected chi connectivity index (χ3v) is 4.21. The monoisotopic (exact) mass is 301 g/mol. The molecule has 116 valence electrons. The molecule has 5 nitrogen and oxygen atoms in total. The van der Waals surface area contributed by atoms with Gasteiger partial charge in [0.2, 0.25) is 5.91 Å². The smallest absolute Gasteiger partial charge is 0.338 e. The minimum Gasteiger partial charge on any atom is -0.451 e. The fourth-order valence-corrected chi connectivity index (χ4v) is 2.99. The Morgan fingerprint density at radius 2 is 2.00 bits per heavy atom. The van der Waals surface area contributed by atoms with Crippen LogP contribution in [0.1, 0.15) is 48.9 Å². The van der Waals surface area contributed by atoms with Crippen molar-refractivity contribution < 1.29 is 19.1 Å². The number of carbonyl (C=O) groups is 3. The van der Waals surface area contributed by atoms with Crippen molar-refractivity contribution in [2.45, 2.75) is 44.6 Å². The molecule has 1 aromatic carbocycles. The lowest BCUT2D eigenvalue weighted by molar-refractivity contribution is -0.129. The number of benzene rings is 1. The zero-order valence-electron chi connectivity index (χ0n) is 12.4. The van der Waals surface area contributed by atoms with Crippen LogP contribution in [-0.2, 0) is 14.3 Å². The number of ketones is 1. The number of nitrogens with zero attached hydrogens (tertiary/aromatic N) is 1. The highest BCUT2D eigenvalue weighted by atomic mass is 16.5. The number of esters is 1. The molecule has 0 spiro atoms. The Balaban J connectivity index is 1.72. The van der Waals surface area contributed by atoms with E-state index in [4.69, 9.17) is 4.74 Å². The van der Waals surface area contributed by atoms with Gasteiger partial charge in [-0.05, 0) is 43.9 Å². The van der Waals surface area contributed by atoms with E-state index in [9.17, 15) is 14.4 Å². The van der Waals surface area contributed by atoms with Crippen LogP contribution < -0.4 is 4.90 Å². The minimum absolute atomic E-state index is 0.00507.